The van der Waals surface area contributed by atoms with Crippen molar-refractivity contribution in [2.75, 3.05) is 7.11 Å². The standard InChI is InChI=1S/C10H12ClNO3/c1-7(11)5-8-6-9(15-2)3-4-10(8)12(13)14/h3-4,6-7H,5H2,1-2H3. The van der Waals surface area contributed by atoms with Gasteiger partial charge >= 0.3 is 0 Å². The lowest BCUT2D eigenvalue weighted by molar-refractivity contribution is -0.385. The molecule has 1 unspecified atom stereocenters. The number of methoxy groups -OCH3 is 1. The fourth-order valence-electron chi connectivity index (χ4n) is 1.33. The summed E-state index contributed by atoms with van der Waals surface area (Å²) in [6.45, 7) is 1.80. The van der Waals surface area contributed by atoms with Crippen molar-refractivity contribution in [2.45, 2.75) is 18.7 Å². The predicted octanol–water partition coefficient (Wildman–Crippen LogP) is 2.77. The smallest absolute Gasteiger partial charge is 0.272 e. The maximum atomic E-state index is 10.7. The fraction of sp³-hybridized carbons (Fsp3) is 0.400. The van der Waals surface area contributed by atoms with E-state index in [1.54, 1.807) is 19.1 Å². The van der Waals surface area contributed by atoms with Crippen LogP contribution in [0.4, 0.5) is 5.69 Å². The molecular weight excluding hydrogens is 218 g/mol. The highest BCUT2D eigenvalue weighted by Crippen LogP contribution is 2.25. The molecule has 0 aliphatic heterocycles. The molecule has 0 bridgehead atoms. The summed E-state index contributed by atoms with van der Waals surface area (Å²) >= 11 is 5.82. The summed E-state index contributed by atoms with van der Waals surface area (Å²) in [6, 6.07) is 4.66. The Morgan fingerprint density at radius 3 is 2.73 bits per heavy atom. The van der Waals surface area contributed by atoms with E-state index in [0.29, 0.717) is 17.7 Å². The number of hydrogen-bond acceptors (Lipinski definition) is 3. The van der Waals surface area contributed by atoms with Crippen molar-refractivity contribution in [1.29, 1.82) is 0 Å². The van der Waals surface area contributed by atoms with Crippen molar-refractivity contribution < 1.29 is 9.66 Å². The Hall–Kier alpha value is -1.29. The minimum atomic E-state index is -0.409. The minimum absolute atomic E-state index is 0.0864. The summed E-state index contributed by atoms with van der Waals surface area (Å²) in [5.74, 6) is 0.605. The first-order chi connectivity index (χ1) is 7.04. The van der Waals surface area contributed by atoms with E-state index in [0.717, 1.165) is 0 Å². The van der Waals surface area contributed by atoms with Gasteiger partial charge in [-0.25, -0.2) is 0 Å². The highest BCUT2D eigenvalue weighted by Gasteiger charge is 2.15. The van der Waals surface area contributed by atoms with Crippen LogP contribution in [0, 0.1) is 10.1 Å². The molecule has 0 saturated heterocycles. The topological polar surface area (TPSA) is 52.4 Å². The molecule has 0 heterocycles. The molecule has 0 saturated carbocycles. The molecular formula is C10H12ClNO3. The molecule has 0 aromatic heterocycles. The van der Waals surface area contributed by atoms with Crippen molar-refractivity contribution in [2.24, 2.45) is 0 Å². The third-order valence-corrected chi connectivity index (χ3v) is 2.14. The molecule has 0 radical (unpaired) electrons. The molecule has 0 amide bonds. The lowest BCUT2D eigenvalue weighted by atomic mass is 10.1. The lowest BCUT2D eigenvalue weighted by Gasteiger charge is -2.06. The molecule has 0 fully saturated rings. The van der Waals surface area contributed by atoms with Gasteiger partial charge in [0.05, 0.1) is 12.0 Å². The highest BCUT2D eigenvalue weighted by molar-refractivity contribution is 6.20. The van der Waals surface area contributed by atoms with Crippen molar-refractivity contribution in [3.63, 3.8) is 0 Å². The summed E-state index contributed by atoms with van der Waals surface area (Å²) < 4.78 is 5.01. The number of rotatable bonds is 4. The molecule has 0 spiro atoms. The van der Waals surface area contributed by atoms with E-state index in [-0.39, 0.29) is 11.1 Å². The van der Waals surface area contributed by atoms with Gasteiger partial charge in [-0.1, -0.05) is 0 Å². The molecule has 1 atom stereocenters. The summed E-state index contributed by atoms with van der Waals surface area (Å²) in [6.07, 6.45) is 0.453. The Morgan fingerprint density at radius 1 is 1.60 bits per heavy atom. The van der Waals surface area contributed by atoms with E-state index in [9.17, 15) is 10.1 Å². The van der Waals surface area contributed by atoms with Crippen LogP contribution in [0.15, 0.2) is 18.2 Å². The average molecular weight is 230 g/mol. The van der Waals surface area contributed by atoms with Crippen LogP contribution in [0.5, 0.6) is 5.75 Å². The van der Waals surface area contributed by atoms with Crippen LogP contribution in [-0.2, 0) is 6.42 Å². The number of hydrogen-bond donors (Lipinski definition) is 0. The van der Waals surface area contributed by atoms with Crippen LogP contribution in [0.25, 0.3) is 0 Å². The first kappa shape index (κ1) is 11.8. The van der Waals surface area contributed by atoms with Gasteiger partial charge in [-0.05, 0) is 25.5 Å². The SMILES string of the molecule is COc1ccc([N+](=O)[O-])c(CC(C)Cl)c1. The molecule has 82 valence electrons. The Balaban J connectivity index is 3.10. The molecule has 5 heteroatoms. The van der Waals surface area contributed by atoms with E-state index < -0.39 is 4.92 Å². The van der Waals surface area contributed by atoms with Crippen molar-refractivity contribution in [3.8, 4) is 5.75 Å². The number of nitrogens with zero attached hydrogens (tertiary/aromatic N) is 1. The number of benzene rings is 1. The minimum Gasteiger partial charge on any atom is -0.497 e. The Bertz CT molecular complexity index is 366. The third-order valence-electron chi connectivity index (χ3n) is 1.98. The van der Waals surface area contributed by atoms with Gasteiger partial charge in [-0.3, -0.25) is 10.1 Å². The Labute approximate surface area is 93.0 Å². The molecule has 1 rings (SSSR count). The summed E-state index contributed by atoms with van der Waals surface area (Å²) in [5.41, 5.74) is 0.685. The number of halogens is 1. The lowest BCUT2D eigenvalue weighted by Crippen LogP contribution is -2.02. The second kappa shape index (κ2) is 4.98. The monoisotopic (exact) mass is 229 g/mol. The van der Waals surface area contributed by atoms with Gasteiger partial charge in [-0.15, -0.1) is 11.6 Å². The molecule has 0 aliphatic carbocycles. The van der Waals surface area contributed by atoms with Gasteiger partial charge in [0.25, 0.3) is 5.69 Å². The maximum absolute atomic E-state index is 10.7. The number of nitro benzene ring substituents is 1. The van der Waals surface area contributed by atoms with Gasteiger partial charge in [-0.2, -0.15) is 0 Å². The van der Waals surface area contributed by atoms with E-state index in [2.05, 4.69) is 0 Å². The zero-order valence-corrected chi connectivity index (χ0v) is 9.32. The molecule has 0 N–H and O–H groups in total. The van der Waals surface area contributed by atoms with Crippen molar-refractivity contribution in [1.82, 2.24) is 0 Å². The van der Waals surface area contributed by atoms with Gasteiger partial charge in [0.1, 0.15) is 5.75 Å². The van der Waals surface area contributed by atoms with E-state index in [4.69, 9.17) is 16.3 Å². The highest BCUT2D eigenvalue weighted by atomic mass is 35.5. The van der Waals surface area contributed by atoms with Gasteiger partial charge in [0, 0.05) is 17.0 Å². The zero-order valence-electron chi connectivity index (χ0n) is 8.57. The first-order valence-electron chi connectivity index (χ1n) is 4.50. The van der Waals surface area contributed by atoms with Crippen molar-refractivity contribution in [3.05, 3.63) is 33.9 Å². The van der Waals surface area contributed by atoms with E-state index in [1.165, 1.54) is 13.2 Å². The van der Waals surface area contributed by atoms with Gasteiger partial charge < -0.3 is 4.74 Å². The second-order valence-electron chi connectivity index (χ2n) is 3.24. The number of alkyl halides is 1. The van der Waals surface area contributed by atoms with E-state index >= 15 is 0 Å². The zero-order chi connectivity index (χ0) is 11.4. The molecule has 4 nitrogen and oxygen atoms in total. The van der Waals surface area contributed by atoms with Crippen LogP contribution < -0.4 is 4.74 Å². The molecule has 0 aliphatic rings. The van der Waals surface area contributed by atoms with E-state index in [1.807, 2.05) is 0 Å². The summed E-state index contributed by atoms with van der Waals surface area (Å²) in [5, 5.41) is 10.6. The van der Waals surface area contributed by atoms with Crippen LogP contribution in [0.1, 0.15) is 12.5 Å². The third kappa shape index (κ3) is 3.09. The van der Waals surface area contributed by atoms with Crippen LogP contribution >= 0.6 is 11.6 Å². The first-order valence-corrected chi connectivity index (χ1v) is 4.93. The average Bonchev–Trinajstić information content (AvgIpc) is 2.16. The maximum Gasteiger partial charge on any atom is 0.272 e. The molecule has 1 aromatic carbocycles. The summed E-state index contributed by atoms with van der Waals surface area (Å²) in [7, 11) is 1.52. The van der Waals surface area contributed by atoms with Gasteiger partial charge in [0.15, 0.2) is 0 Å². The van der Waals surface area contributed by atoms with Crippen LogP contribution in [0.3, 0.4) is 0 Å². The van der Waals surface area contributed by atoms with Gasteiger partial charge in [0.2, 0.25) is 0 Å². The number of ether oxygens (including phenoxy) is 1. The summed E-state index contributed by atoms with van der Waals surface area (Å²) in [4.78, 5) is 10.3. The van der Waals surface area contributed by atoms with Crippen LogP contribution in [-0.4, -0.2) is 17.4 Å². The largest absolute Gasteiger partial charge is 0.497 e. The predicted molar refractivity (Wildman–Crippen MR) is 58.7 cm³/mol. The Kier molecular flexibility index (Phi) is 3.91. The van der Waals surface area contributed by atoms with Crippen molar-refractivity contribution >= 4 is 17.3 Å². The fourth-order valence-corrected chi connectivity index (χ4v) is 1.50. The molecule has 1 aromatic rings. The number of nitro groups is 1. The normalized spacial score (nSPS) is 12.2. The quantitative estimate of drug-likeness (QED) is 0.453. The second-order valence-corrected chi connectivity index (χ2v) is 3.98. The Morgan fingerprint density at radius 2 is 2.27 bits per heavy atom. The molecule has 15 heavy (non-hydrogen) atoms. The van der Waals surface area contributed by atoms with Crippen LogP contribution in [0.2, 0.25) is 0 Å².